The Morgan fingerprint density at radius 1 is 1.35 bits per heavy atom. The summed E-state index contributed by atoms with van der Waals surface area (Å²) in [7, 11) is 0. The minimum absolute atomic E-state index is 0.0735. The van der Waals surface area contributed by atoms with E-state index < -0.39 is 0 Å². The molecule has 2 aliphatic heterocycles. The van der Waals surface area contributed by atoms with Crippen LogP contribution in [0.5, 0.6) is 0 Å². The highest BCUT2D eigenvalue weighted by molar-refractivity contribution is 7.99. The monoisotopic (exact) mass is 327 g/mol. The average molecular weight is 327 g/mol. The van der Waals surface area contributed by atoms with Crippen molar-refractivity contribution in [1.82, 2.24) is 9.55 Å². The Bertz CT molecular complexity index is 846. The van der Waals surface area contributed by atoms with Gasteiger partial charge in [-0.1, -0.05) is 30.0 Å². The van der Waals surface area contributed by atoms with Gasteiger partial charge in [0.1, 0.15) is 5.56 Å². The SMILES string of the molecule is C[C@H]1CCc2ccccc2N1C(=O)c1cnc2n(c1=O)CCS2. The molecule has 23 heavy (non-hydrogen) atoms. The second-order valence-electron chi connectivity index (χ2n) is 5.95. The predicted octanol–water partition coefficient (Wildman–Crippen LogP) is 2.33. The van der Waals surface area contributed by atoms with Crippen LogP contribution in [0.3, 0.4) is 0 Å². The molecule has 4 rings (SSSR count). The fourth-order valence-electron chi connectivity index (χ4n) is 3.29. The Labute approximate surface area is 138 Å². The molecule has 2 aromatic rings. The van der Waals surface area contributed by atoms with Gasteiger partial charge in [0.05, 0.1) is 0 Å². The number of carbonyl (C=O) groups is 1. The molecule has 6 heteroatoms. The molecule has 0 fully saturated rings. The molecular weight excluding hydrogens is 310 g/mol. The number of thioether (sulfide) groups is 1. The molecule has 2 aliphatic rings. The second-order valence-corrected chi connectivity index (χ2v) is 7.01. The molecule has 0 radical (unpaired) electrons. The number of fused-ring (bicyclic) bond motifs is 2. The maximum Gasteiger partial charge on any atom is 0.267 e. The van der Waals surface area contributed by atoms with Gasteiger partial charge in [-0.3, -0.25) is 14.2 Å². The number of rotatable bonds is 1. The van der Waals surface area contributed by atoms with Crippen molar-refractivity contribution >= 4 is 23.4 Å². The molecule has 1 aromatic carbocycles. The van der Waals surface area contributed by atoms with Gasteiger partial charge in [0.2, 0.25) is 0 Å². The number of benzene rings is 1. The maximum absolute atomic E-state index is 13.1. The van der Waals surface area contributed by atoms with Crippen molar-refractivity contribution in [1.29, 1.82) is 0 Å². The number of amides is 1. The van der Waals surface area contributed by atoms with Crippen molar-refractivity contribution in [2.45, 2.75) is 37.5 Å². The van der Waals surface area contributed by atoms with E-state index in [0.717, 1.165) is 29.8 Å². The highest BCUT2D eigenvalue weighted by Gasteiger charge is 2.31. The molecule has 1 amide bonds. The zero-order valence-corrected chi connectivity index (χ0v) is 13.7. The lowest BCUT2D eigenvalue weighted by molar-refractivity contribution is 0.0972. The Morgan fingerprint density at radius 2 is 2.17 bits per heavy atom. The molecule has 3 heterocycles. The smallest absolute Gasteiger partial charge is 0.267 e. The lowest BCUT2D eigenvalue weighted by Crippen LogP contribution is -2.44. The van der Waals surface area contributed by atoms with Crippen LogP contribution in [-0.4, -0.2) is 27.3 Å². The summed E-state index contributed by atoms with van der Waals surface area (Å²) >= 11 is 1.55. The van der Waals surface area contributed by atoms with Gasteiger partial charge in [-0.2, -0.15) is 0 Å². The molecule has 118 valence electrons. The van der Waals surface area contributed by atoms with Crippen molar-refractivity contribution in [3.63, 3.8) is 0 Å². The normalized spacial score (nSPS) is 19.3. The van der Waals surface area contributed by atoms with E-state index in [0.29, 0.717) is 11.7 Å². The van der Waals surface area contributed by atoms with Crippen molar-refractivity contribution in [3.05, 3.63) is 51.9 Å². The zero-order valence-electron chi connectivity index (χ0n) is 12.9. The number of hydrogen-bond donors (Lipinski definition) is 0. The van der Waals surface area contributed by atoms with Gasteiger partial charge in [0.15, 0.2) is 5.16 Å². The molecule has 0 saturated heterocycles. The summed E-state index contributed by atoms with van der Waals surface area (Å²) in [5, 5.41) is 0.707. The molecule has 1 aromatic heterocycles. The zero-order chi connectivity index (χ0) is 16.0. The van der Waals surface area contributed by atoms with Crippen molar-refractivity contribution < 1.29 is 4.79 Å². The van der Waals surface area contributed by atoms with Gasteiger partial charge >= 0.3 is 0 Å². The number of aromatic nitrogens is 2. The molecule has 0 aliphatic carbocycles. The van der Waals surface area contributed by atoms with E-state index in [9.17, 15) is 9.59 Å². The first kappa shape index (κ1) is 14.5. The average Bonchev–Trinajstić information content (AvgIpc) is 3.04. The first-order valence-corrected chi connectivity index (χ1v) is 8.79. The standard InChI is InChI=1S/C17H17N3O2S/c1-11-6-7-12-4-2-3-5-14(12)20(11)16(22)13-10-18-17-19(15(13)21)8-9-23-17/h2-5,10-11H,6-9H2,1H3/t11-/m0/s1. The minimum Gasteiger partial charge on any atom is -0.305 e. The summed E-state index contributed by atoms with van der Waals surface area (Å²) in [6.45, 7) is 2.65. The second kappa shape index (κ2) is 5.53. The molecule has 0 N–H and O–H groups in total. The number of carbonyl (C=O) groups excluding carboxylic acids is 1. The molecular formula is C17H17N3O2S. The molecule has 0 bridgehead atoms. The topological polar surface area (TPSA) is 55.2 Å². The van der Waals surface area contributed by atoms with Crippen LogP contribution in [0.25, 0.3) is 0 Å². The van der Waals surface area contributed by atoms with Crippen LogP contribution in [0.4, 0.5) is 5.69 Å². The molecule has 0 unspecified atom stereocenters. The van der Waals surface area contributed by atoms with Crippen LogP contribution in [0, 0.1) is 0 Å². The summed E-state index contributed by atoms with van der Waals surface area (Å²) in [5.41, 5.74) is 2.01. The Balaban J connectivity index is 1.80. The first-order valence-electron chi connectivity index (χ1n) is 7.81. The van der Waals surface area contributed by atoms with Crippen LogP contribution in [0.15, 0.2) is 40.4 Å². The number of nitrogens with zero attached hydrogens (tertiary/aromatic N) is 3. The molecule has 0 spiro atoms. The van der Waals surface area contributed by atoms with Crippen LogP contribution >= 0.6 is 11.8 Å². The number of anilines is 1. The quantitative estimate of drug-likeness (QED) is 0.755. The van der Waals surface area contributed by atoms with Gasteiger partial charge in [-0.05, 0) is 31.4 Å². The van der Waals surface area contributed by atoms with Crippen LogP contribution in [-0.2, 0) is 13.0 Å². The lowest BCUT2D eigenvalue weighted by atomic mass is 9.96. The Morgan fingerprint density at radius 3 is 3.04 bits per heavy atom. The highest BCUT2D eigenvalue weighted by atomic mass is 32.2. The third kappa shape index (κ3) is 2.28. The van der Waals surface area contributed by atoms with Gasteiger partial charge < -0.3 is 4.90 Å². The minimum atomic E-state index is -0.241. The van der Waals surface area contributed by atoms with Gasteiger partial charge in [0, 0.05) is 30.2 Å². The molecule has 0 saturated carbocycles. The Kier molecular flexibility index (Phi) is 3.49. The third-order valence-corrected chi connectivity index (χ3v) is 5.50. The molecule has 5 nitrogen and oxygen atoms in total. The van der Waals surface area contributed by atoms with Gasteiger partial charge in [-0.15, -0.1) is 0 Å². The van der Waals surface area contributed by atoms with Crippen molar-refractivity contribution in [3.8, 4) is 0 Å². The summed E-state index contributed by atoms with van der Waals surface area (Å²) < 4.78 is 1.61. The van der Waals surface area contributed by atoms with E-state index in [1.165, 1.54) is 6.20 Å². The Hall–Kier alpha value is -2.08. The van der Waals surface area contributed by atoms with Crippen molar-refractivity contribution in [2.24, 2.45) is 0 Å². The third-order valence-electron chi connectivity index (χ3n) is 4.53. The first-order chi connectivity index (χ1) is 11.2. The van der Waals surface area contributed by atoms with E-state index in [1.807, 2.05) is 31.2 Å². The van der Waals surface area contributed by atoms with E-state index in [-0.39, 0.29) is 23.1 Å². The maximum atomic E-state index is 13.1. The predicted molar refractivity (Wildman–Crippen MR) is 90.3 cm³/mol. The summed E-state index contributed by atoms with van der Waals surface area (Å²) in [4.78, 5) is 31.7. The fourth-order valence-corrected chi connectivity index (χ4v) is 4.21. The van der Waals surface area contributed by atoms with E-state index in [2.05, 4.69) is 4.98 Å². The highest BCUT2D eigenvalue weighted by Crippen LogP contribution is 2.31. The lowest BCUT2D eigenvalue weighted by Gasteiger charge is -2.35. The largest absolute Gasteiger partial charge is 0.305 e. The van der Waals surface area contributed by atoms with Crippen LogP contribution in [0.2, 0.25) is 0 Å². The van der Waals surface area contributed by atoms with Gasteiger partial charge in [0.25, 0.3) is 11.5 Å². The van der Waals surface area contributed by atoms with Crippen LogP contribution < -0.4 is 10.5 Å². The van der Waals surface area contributed by atoms with Crippen LogP contribution in [0.1, 0.15) is 29.3 Å². The van der Waals surface area contributed by atoms with E-state index in [1.54, 1.807) is 21.2 Å². The van der Waals surface area contributed by atoms with E-state index >= 15 is 0 Å². The summed E-state index contributed by atoms with van der Waals surface area (Å²) in [6.07, 6.45) is 3.30. The van der Waals surface area contributed by atoms with E-state index in [4.69, 9.17) is 0 Å². The number of aryl methyl sites for hydroxylation is 1. The summed E-state index contributed by atoms with van der Waals surface area (Å²) in [6, 6.07) is 8.00. The molecule has 1 atom stereocenters. The fraction of sp³-hybridized carbons (Fsp3) is 0.353. The van der Waals surface area contributed by atoms with Gasteiger partial charge in [-0.25, -0.2) is 4.98 Å². The van der Waals surface area contributed by atoms with Crippen molar-refractivity contribution in [2.75, 3.05) is 10.7 Å². The summed E-state index contributed by atoms with van der Waals surface area (Å²) in [5.74, 6) is 0.595. The number of para-hydroxylation sites is 1. The number of hydrogen-bond acceptors (Lipinski definition) is 4.